The molecule has 0 radical (unpaired) electrons. The molecule has 2 aromatic rings. The Labute approximate surface area is 141 Å². The summed E-state index contributed by atoms with van der Waals surface area (Å²) in [4.78, 5) is 13.8. The number of urea groups is 1. The highest BCUT2D eigenvalue weighted by atomic mass is 16.5. The summed E-state index contributed by atoms with van der Waals surface area (Å²) in [6.45, 7) is 0.397. The van der Waals surface area contributed by atoms with Gasteiger partial charge in [0, 0.05) is 25.3 Å². The van der Waals surface area contributed by atoms with Gasteiger partial charge in [0.25, 0.3) is 0 Å². The standard InChI is InChI=1S/C18H19N3O3/c1-21(12-14-6-4-5-13(9-14)11-19)18(22)20-15-7-8-16(23-2)17(10-15)24-3/h4-10H,12H2,1-3H3,(H,20,22). The van der Waals surface area contributed by atoms with Crippen LogP contribution in [0.15, 0.2) is 42.5 Å². The number of nitrogens with one attached hydrogen (secondary N) is 1. The largest absolute Gasteiger partial charge is 0.493 e. The van der Waals surface area contributed by atoms with Crippen molar-refractivity contribution in [1.29, 1.82) is 5.26 Å². The van der Waals surface area contributed by atoms with Crippen LogP contribution in [0.5, 0.6) is 11.5 Å². The summed E-state index contributed by atoms with van der Waals surface area (Å²) >= 11 is 0. The molecule has 0 saturated heterocycles. The Bertz CT molecular complexity index is 768. The van der Waals surface area contributed by atoms with E-state index in [1.165, 1.54) is 12.0 Å². The van der Waals surface area contributed by atoms with E-state index in [9.17, 15) is 4.79 Å². The minimum atomic E-state index is -0.260. The first kappa shape index (κ1) is 17.2. The number of anilines is 1. The van der Waals surface area contributed by atoms with Crippen LogP contribution in [0.25, 0.3) is 0 Å². The number of carbonyl (C=O) groups is 1. The van der Waals surface area contributed by atoms with Crippen LogP contribution in [0.4, 0.5) is 10.5 Å². The Morgan fingerprint density at radius 1 is 1.17 bits per heavy atom. The Morgan fingerprint density at radius 2 is 1.92 bits per heavy atom. The zero-order valence-corrected chi connectivity index (χ0v) is 13.9. The first-order chi connectivity index (χ1) is 11.6. The van der Waals surface area contributed by atoms with Crippen molar-refractivity contribution in [3.8, 4) is 17.6 Å². The van der Waals surface area contributed by atoms with E-state index < -0.39 is 0 Å². The third kappa shape index (κ3) is 4.17. The quantitative estimate of drug-likeness (QED) is 0.916. The smallest absolute Gasteiger partial charge is 0.321 e. The maximum absolute atomic E-state index is 12.3. The molecular weight excluding hydrogens is 306 g/mol. The highest BCUT2D eigenvalue weighted by Gasteiger charge is 2.11. The molecule has 0 fully saturated rings. The van der Waals surface area contributed by atoms with Crippen molar-refractivity contribution in [2.75, 3.05) is 26.6 Å². The van der Waals surface area contributed by atoms with Gasteiger partial charge in [0.2, 0.25) is 0 Å². The van der Waals surface area contributed by atoms with Gasteiger partial charge in [-0.3, -0.25) is 0 Å². The SMILES string of the molecule is COc1ccc(NC(=O)N(C)Cc2cccc(C#N)c2)cc1OC. The minimum absolute atomic E-state index is 0.260. The van der Waals surface area contributed by atoms with E-state index in [-0.39, 0.29) is 6.03 Å². The van der Waals surface area contributed by atoms with Crippen LogP contribution < -0.4 is 14.8 Å². The molecule has 2 amide bonds. The lowest BCUT2D eigenvalue weighted by Gasteiger charge is -2.19. The maximum Gasteiger partial charge on any atom is 0.321 e. The molecule has 0 unspecified atom stereocenters. The number of hydrogen-bond acceptors (Lipinski definition) is 4. The summed E-state index contributed by atoms with van der Waals surface area (Å²) in [7, 11) is 4.78. The summed E-state index contributed by atoms with van der Waals surface area (Å²) in [6, 6.07) is 14.2. The summed E-state index contributed by atoms with van der Waals surface area (Å²) < 4.78 is 10.4. The van der Waals surface area contributed by atoms with Crippen molar-refractivity contribution >= 4 is 11.7 Å². The van der Waals surface area contributed by atoms with Gasteiger partial charge in [0.15, 0.2) is 11.5 Å². The lowest BCUT2D eigenvalue weighted by atomic mass is 10.1. The van der Waals surface area contributed by atoms with Crippen molar-refractivity contribution in [3.05, 3.63) is 53.6 Å². The molecule has 0 spiro atoms. The van der Waals surface area contributed by atoms with Crippen molar-refractivity contribution < 1.29 is 14.3 Å². The molecule has 6 nitrogen and oxygen atoms in total. The Kier molecular flexibility index (Phi) is 5.63. The van der Waals surface area contributed by atoms with E-state index in [4.69, 9.17) is 14.7 Å². The van der Waals surface area contributed by atoms with Gasteiger partial charge in [-0.15, -0.1) is 0 Å². The maximum atomic E-state index is 12.3. The number of hydrogen-bond donors (Lipinski definition) is 1. The molecular formula is C18H19N3O3. The molecule has 0 saturated carbocycles. The average Bonchev–Trinajstić information content (AvgIpc) is 2.61. The van der Waals surface area contributed by atoms with Crippen LogP contribution in [0.1, 0.15) is 11.1 Å². The highest BCUT2D eigenvalue weighted by molar-refractivity contribution is 5.89. The Hall–Kier alpha value is -3.20. The molecule has 0 atom stereocenters. The predicted molar refractivity (Wildman–Crippen MR) is 91.2 cm³/mol. The van der Waals surface area contributed by atoms with Gasteiger partial charge >= 0.3 is 6.03 Å². The third-order valence-corrected chi connectivity index (χ3v) is 3.46. The molecule has 2 rings (SSSR count). The second-order valence-corrected chi connectivity index (χ2v) is 5.17. The van der Waals surface area contributed by atoms with Crippen LogP contribution >= 0.6 is 0 Å². The van der Waals surface area contributed by atoms with Crippen molar-refractivity contribution in [2.45, 2.75) is 6.54 Å². The number of benzene rings is 2. The monoisotopic (exact) mass is 325 g/mol. The Morgan fingerprint density at radius 3 is 2.58 bits per heavy atom. The Balaban J connectivity index is 2.04. The van der Waals surface area contributed by atoms with Crippen LogP contribution in [-0.2, 0) is 6.54 Å². The summed E-state index contributed by atoms with van der Waals surface area (Å²) in [5.74, 6) is 1.14. The normalized spacial score (nSPS) is 9.75. The molecule has 0 aliphatic carbocycles. The predicted octanol–water partition coefficient (Wildman–Crippen LogP) is 3.24. The van der Waals surface area contributed by atoms with Crippen LogP contribution in [0.3, 0.4) is 0 Å². The van der Waals surface area contributed by atoms with Crippen molar-refractivity contribution in [3.63, 3.8) is 0 Å². The van der Waals surface area contributed by atoms with E-state index in [2.05, 4.69) is 11.4 Å². The number of ether oxygens (including phenoxy) is 2. The van der Waals surface area contributed by atoms with Crippen LogP contribution in [0, 0.1) is 11.3 Å². The van der Waals surface area contributed by atoms with Gasteiger partial charge in [-0.1, -0.05) is 12.1 Å². The molecule has 0 bridgehead atoms. The second kappa shape index (κ2) is 7.88. The summed E-state index contributed by atoms with van der Waals surface area (Å²) in [6.07, 6.45) is 0. The van der Waals surface area contributed by atoms with E-state index in [0.29, 0.717) is 29.3 Å². The van der Waals surface area contributed by atoms with Gasteiger partial charge in [-0.25, -0.2) is 4.79 Å². The topological polar surface area (TPSA) is 74.6 Å². The van der Waals surface area contributed by atoms with Gasteiger partial charge in [-0.05, 0) is 29.8 Å². The average molecular weight is 325 g/mol. The molecule has 124 valence electrons. The fourth-order valence-electron chi connectivity index (χ4n) is 2.22. The number of methoxy groups -OCH3 is 2. The van der Waals surface area contributed by atoms with E-state index in [1.54, 1.807) is 50.6 Å². The second-order valence-electron chi connectivity index (χ2n) is 5.17. The van der Waals surface area contributed by atoms with E-state index in [1.807, 2.05) is 6.07 Å². The highest BCUT2D eigenvalue weighted by Crippen LogP contribution is 2.29. The molecule has 0 aliphatic rings. The van der Waals surface area contributed by atoms with E-state index in [0.717, 1.165) is 5.56 Å². The number of nitrogens with zero attached hydrogens (tertiary/aromatic N) is 2. The zero-order chi connectivity index (χ0) is 17.5. The number of rotatable bonds is 5. The molecule has 2 aromatic carbocycles. The third-order valence-electron chi connectivity index (χ3n) is 3.46. The summed E-state index contributed by atoms with van der Waals surface area (Å²) in [5, 5.41) is 11.7. The lowest BCUT2D eigenvalue weighted by molar-refractivity contribution is 0.220. The first-order valence-electron chi connectivity index (χ1n) is 7.30. The van der Waals surface area contributed by atoms with Crippen molar-refractivity contribution in [1.82, 2.24) is 4.90 Å². The van der Waals surface area contributed by atoms with E-state index >= 15 is 0 Å². The van der Waals surface area contributed by atoms with Gasteiger partial charge in [-0.2, -0.15) is 5.26 Å². The fraction of sp³-hybridized carbons (Fsp3) is 0.222. The fourth-order valence-corrected chi connectivity index (χ4v) is 2.22. The molecule has 6 heteroatoms. The van der Waals surface area contributed by atoms with Crippen LogP contribution in [0.2, 0.25) is 0 Å². The first-order valence-corrected chi connectivity index (χ1v) is 7.30. The van der Waals surface area contributed by atoms with Gasteiger partial charge < -0.3 is 19.7 Å². The minimum Gasteiger partial charge on any atom is -0.493 e. The number of carbonyl (C=O) groups excluding carboxylic acids is 1. The molecule has 24 heavy (non-hydrogen) atoms. The molecule has 0 aliphatic heterocycles. The van der Waals surface area contributed by atoms with Crippen molar-refractivity contribution in [2.24, 2.45) is 0 Å². The molecule has 0 heterocycles. The van der Waals surface area contributed by atoms with Gasteiger partial charge in [0.05, 0.1) is 25.9 Å². The molecule has 1 N–H and O–H groups in total. The summed E-state index contributed by atoms with van der Waals surface area (Å²) in [5.41, 5.74) is 2.07. The van der Waals surface area contributed by atoms with Crippen LogP contribution in [-0.4, -0.2) is 32.2 Å². The molecule has 0 aromatic heterocycles. The van der Waals surface area contributed by atoms with Gasteiger partial charge in [0.1, 0.15) is 0 Å². The lowest BCUT2D eigenvalue weighted by Crippen LogP contribution is -2.30. The zero-order valence-electron chi connectivity index (χ0n) is 13.9. The number of nitriles is 1. The number of amides is 2.